The number of aromatic nitrogens is 3. The molecule has 1 aromatic heterocycles. The lowest BCUT2D eigenvalue weighted by molar-refractivity contribution is 0.145. The minimum absolute atomic E-state index is 0.396. The summed E-state index contributed by atoms with van der Waals surface area (Å²) in [5.74, 6) is 0. The summed E-state index contributed by atoms with van der Waals surface area (Å²) in [6.45, 7) is 2.33. The molecule has 0 saturated heterocycles. The van der Waals surface area contributed by atoms with Gasteiger partial charge in [-0.2, -0.15) is 0 Å². The van der Waals surface area contributed by atoms with Crippen molar-refractivity contribution in [2.45, 2.75) is 13.3 Å². The van der Waals surface area contributed by atoms with E-state index >= 15 is 0 Å². The molecule has 0 aliphatic heterocycles. The molecule has 0 spiro atoms. The Morgan fingerprint density at radius 1 is 1.47 bits per heavy atom. The molecule has 15 heavy (non-hydrogen) atoms. The van der Waals surface area contributed by atoms with Gasteiger partial charge in [-0.05, 0) is 18.6 Å². The van der Waals surface area contributed by atoms with Crippen LogP contribution >= 0.6 is 0 Å². The maximum Gasteiger partial charge on any atom is 0.436 e. The molecule has 2 aromatic rings. The summed E-state index contributed by atoms with van der Waals surface area (Å²) >= 11 is 0. The molecule has 0 aliphatic rings. The second kappa shape index (κ2) is 4.08. The molecule has 0 amide bonds. The highest BCUT2D eigenvalue weighted by Gasteiger charge is 2.11. The molecule has 5 heteroatoms. The Kier molecular flexibility index (Phi) is 2.62. The number of carbonyl (C=O) groups is 1. The first-order valence-corrected chi connectivity index (χ1v) is 4.80. The molecule has 0 saturated carbocycles. The number of carbonyl (C=O) groups excluding carboxylic acids is 1. The normalized spacial score (nSPS) is 10.5. The van der Waals surface area contributed by atoms with E-state index in [-0.39, 0.29) is 0 Å². The van der Waals surface area contributed by atoms with Gasteiger partial charge in [0.25, 0.3) is 0 Å². The molecule has 0 atom stereocenters. The van der Waals surface area contributed by atoms with Gasteiger partial charge in [0.05, 0.1) is 6.61 Å². The molecule has 5 nitrogen and oxygen atoms in total. The smallest absolute Gasteiger partial charge is 0.436 e. The van der Waals surface area contributed by atoms with Gasteiger partial charge in [-0.25, -0.2) is 4.79 Å². The van der Waals surface area contributed by atoms with Gasteiger partial charge in [0, 0.05) is 0 Å². The lowest BCUT2D eigenvalue weighted by Gasteiger charge is -2.01. The Balaban J connectivity index is 2.31. The Hall–Kier alpha value is -1.91. The summed E-state index contributed by atoms with van der Waals surface area (Å²) in [6, 6.07) is 7.25. The topological polar surface area (TPSA) is 57.0 Å². The Labute approximate surface area is 86.6 Å². The molecule has 0 aliphatic carbocycles. The van der Waals surface area contributed by atoms with Crippen LogP contribution in [0.4, 0.5) is 4.79 Å². The highest BCUT2D eigenvalue weighted by molar-refractivity contribution is 5.84. The highest BCUT2D eigenvalue weighted by Crippen LogP contribution is 2.09. The van der Waals surface area contributed by atoms with Crippen LogP contribution < -0.4 is 0 Å². The third-order valence-corrected chi connectivity index (χ3v) is 1.95. The average molecular weight is 205 g/mol. The SMILES string of the molecule is CCCOC(=O)n1nnc2ccccc21. The van der Waals surface area contributed by atoms with Crippen LogP contribution in [0.3, 0.4) is 0 Å². The molecule has 1 heterocycles. The fourth-order valence-electron chi connectivity index (χ4n) is 1.25. The number of benzene rings is 1. The van der Waals surface area contributed by atoms with Gasteiger partial charge in [-0.1, -0.05) is 24.3 Å². The molecule has 1 aromatic carbocycles. The third-order valence-electron chi connectivity index (χ3n) is 1.95. The molecule has 0 bridgehead atoms. The Morgan fingerprint density at radius 2 is 2.27 bits per heavy atom. The predicted octanol–water partition coefficient (Wildman–Crippen LogP) is 1.83. The molecular weight excluding hydrogens is 194 g/mol. The van der Waals surface area contributed by atoms with Crippen molar-refractivity contribution in [1.82, 2.24) is 15.0 Å². The van der Waals surface area contributed by atoms with E-state index in [4.69, 9.17) is 4.74 Å². The first-order valence-electron chi connectivity index (χ1n) is 4.80. The number of para-hydroxylation sites is 1. The van der Waals surface area contributed by atoms with Crippen molar-refractivity contribution in [3.05, 3.63) is 24.3 Å². The number of ether oxygens (including phenoxy) is 1. The van der Waals surface area contributed by atoms with Gasteiger partial charge in [-0.3, -0.25) is 0 Å². The van der Waals surface area contributed by atoms with Crippen LogP contribution in [0.1, 0.15) is 13.3 Å². The van der Waals surface area contributed by atoms with E-state index in [0.717, 1.165) is 6.42 Å². The van der Waals surface area contributed by atoms with Crippen LogP contribution in [-0.4, -0.2) is 27.7 Å². The third kappa shape index (κ3) is 1.81. The Bertz CT molecular complexity index is 478. The Morgan fingerprint density at radius 3 is 3.07 bits per heavy atom. The quantitative estimate of drug-likeness (QED) is 0.750. The van der Waals surface area contributed by atoms with Gasteiger partial charge < -0.3 is 4.74 Å². The summed E-state index contributed by atoms with van der Waals surface area (Å²) in [5.41, 5.74) is 1.35. The van der Waals surface area contributed by atoms with Crippen LogP contribution in [0.15, 0.2) is 24.3 Å². The number of hydrogen-bond donors (Lipinski definition) is 0. The van der Waals surface area contributed by atoms with Crippen molar-refractivity contribution in [2.24, 2.45) is 0 Å². The molecule has 0 fully saturated rings. The van der Waals surface area contributed by atoms with Crippen molar-refractivity contribution >= 4 is 17.1 Å². The van der Waals surface area contributed by atoms with E-state index in [1.54, 1.807) is 12.1 Å². The zero-order valence-corrected chi connectivity index (χ0v) is 8.38. The average Bonchev–Trinajstić information content (AvgIpc) is 2.69. The van der Waals surface area contributed by atoms with Crippen LogP contribution in [-0.2, 0) is 4.74 Å². The largest absolute Gasteiger partial charge is 0.448 e. The van der Waals surface area contributed by atoms with E-state index < -0.39 is 6.09 Å². The van der Waals surface area contributed by atoms with E-state index in [9.17, 15) is 4.79 Å². The second-order valence-electron chi connectivity index (χ2n) is 3.10. The predicted molar refractivity (Wildman–Crippen MR) is 54.6 cm³/mol. The van der Waals surface area contributed by atoms with Gasteiger partial charge >= 0.3 is 6.09 Å². The zero-order chi connectivity index (χ0) is 10.7. The summed E-state index contributed by atoms with van der Waals surface area (Å²) < 4.78 is 6.14. The minimum Gasteiger partial charge on any atom is -0.448 e. The van der Waals surface area contributed by atoms with Crippen LogP contribution in [0.5, 0.6) is 0 Å². The monoisotopic (exact) mass is 205 g/mol. The molecule has 2 rings (SSSR count). The standard InChI is InChI=1S/C10H11N3O2/c1-2-7-15-10(14)13-9-6-4-3-5-8(9)11-12-13/h3-6H,2,7H2,1H3. The van der Waals surface area contributed by atoms with Gasteiger partial charge in [-0.15, -0.1) is 9.78 Å². The van der Waals surface area contributed by atoms with E-state index in [1.807, 2.05) is 19.1 Å². The first kappa shape index (κ1) is 9.64. The fourth-order valence-corrected chi connectivity index (χ4v) is 1.25. The fraction of sp³-hybridized carbons (Fsp3) is 0.300. The summed E-state index contributed by atoms with van der Waals surface area (Å²) in [6.07, 6.45) is 0.309. The highest BCUT2D eigenvalue weighted by atomic mass is 16.6. The minimum atomic E-state index is -0.481. The molecule has 0 unspecified atom stereocenters. The van der Waals surface area contributed by atoms with Crippen molar-refractivity contribution in [3.8, 4) is 0 Å². The summed E-state index contributed by atoms with van der Waals surface area (Å²) in [5, 5.41) is 7.60. The van der Waals surface area contributed by atoms with Gasteiger partial charge in [0.1, 0.15) is 11.0 Å². The summed E-state index contributed by atoms with van der Waals surface area (Å²) in [4.78, 5) is 11.5. The van der Waals surface area contributed by atoms with Crippen molar-refractivity contribution < 1.29 is 9.53 Å². The van der Waals surface area contributed by atoms with E-state index in [2.05, 4.69) is 10.3 Å². The maximum atomic E-state index is 11.5. The lowest BCUT2D eigenvalue weighted by Crippen LogP contribution is -2.15. The van der Waals surface area contributed by atoms with Gasteiger partial charge in [0.15, 0.2) is 0 Å². The van der Waals surface area contributed by atoms with Gasteiger partial charge in [0.2, 0.25) is 0 Å². The molecular formula is C10H11N3O2. The summed E-state index contributed by atoms with van der Waals surface area (Å²) in [7, 11) is 0. The van der Waals surface area contributed by atoms with Crippen LogP contribution in [0, 0.1) is 0 Å². The molecule has 0 N–H and O–H groups in total. The second-order valence-corrected chi connectivity index (χ2v) is 3.10. The van der Waals surface area contributed by atoms with Crippen LogP contribution in [0.25, 0.3) is 11.0 Å². The van der Waals surface area contributed by atoms with Crippen LogP contribution in [0.2, 0.25) is 0 Å². The van der Waals surface area contributed by atoms with Crippen molar-refractivity contribution in [1.29, 1.82) is 0 Å². The van der Waals surface area contributed by atoms with Crippen molar-refractivity contribution in [3.63, 3.8) is 0 Å². The van der Waals surface area contributed by atoms with E-state index in [1.165, 1.54) is 4.68 Å². The lowest BCUT2D eigenvalue weighted by atomic mass is 10.3. The first-order chi connectivity index (χ1) is 7.33. The number of rotatable bonds is 2. The van der Waals surface area contributed by atoms with E-state index in [0.29, 0.717) is 17.6 Å². The van der Waals surface area contributed by atoms with Crippen molar-refractivity contribution in [2.75, 3.05) is 6.61 Å². The molecule has 0 radical (unpaired) electrons. The number of fused-ring (bicyclic) bond motifs is 1. The molecule has 78 valence electrons. The zero-order valence-electron chi connectivity index (χ0n) is 8.38. The number of hydrogen-bond acceptors (Lipinski definition) is 4. The maximum absolute atomic E-state index is 11.5. The number of nitrogens with zero attached hydrogens (tertiary/aromatic N) is 3.